The number of carbonyl (C=O) groups excluding carboxylic acids is 3. The highest BCUT2D eigenvalue weighted by molar-refractivity contribution is 5.95. The molecule has 0 aliphatic heterocycles. The van der Waals surface area contributed by atoms with Crippen LogP contribution in [-0.2, 0) is 27.2 Å². The Hall–Kier alpha value is -4.27. The first kappa shape index (κ1) is 37.2. The summed E-state index contributed by atoms with van der Waals surface area (Å²) >= 11 is 0. The van der Waals surface area contributed by atoms with Gasteiger partial charge >= 0.3 is 0 Å². The van der Waals surface area contributed by atoms with Crippen molar-refractivity contribution in [2.24, 2.45) is 11.5 Å². The molecular weight excluding hydrogens is 586 g/mol. The minimum atomic E-state index is -0.840. The fraction of sp³-hybridized carbons (Fsp3) is 0.410. The van der Waals surface area contributed by atoms with E-state index in [1.54, 1.807) is 20.2 Å². The molecule has 0 unspecified atom stereocenters. The Morgan fingerprint density at radius 3 is 1.91 bits per heavy atom. The SMILES string of the molecule is CN(C(=O)/C=C/CC(C)(C)N)[C@@H](Cc1ccc(-c2ccccc2)cc1)C(=O)N(C)[C@@H](Cc1ccccc1)C(=O)NCCCCCCN. The van der Waals surface area contributed by atoms with Crippen LogP contribution in [0.3, 0.4) is 0 Å². The van der Waals surface area contributed by atoms with Crippen LogP contribution in [0.1, 0.15) is 57.1 Å². The van der Waals surface area contributed by atoms with E-state index < -0.39 is 17.6 Å². The summed E-state index contributed by atoms with van der Waals surface area (Å²) in [6.45, 7) is 4.97. The number of unbranched alkanes of at least 4 members (excludes halogenated alkanes) is 3. The average molecular weight is 640 g/mol. The van der Waals surface area contributed by atoms with Gasteiger partial charge in [-0.1, -0.05) is 104 Å². The second-order valence-corrected chi connectivity index (χ2v) is 13.0. The second-order valence-electron chi connectivity index (χ2n) is 13.0. The lowest BCUT2D eigenvalue weighted by Crippen LogP contribution is -2.56. The quantitative estimate of drug-likeness (QED) is 0.132. The van der Waals surface area contributed by atoms with Crippen molar-refractivity contribution >= 4 is 17.7 Å². The monoisotopic (exact) mass is 639 g/mol. The van der Waals surface area contributed by atoms with Gasteiger partial charge in [0, 0.05) is 39.0 Å². The van der Waals surface area contributed by atoms with Gasteiger partial charge in [-0.2, -0.15) is 0 Å². The van der Waals surface area contributed by atoms with Crippen molar-refractivity contribution in [2.75, 3.05) is 27.2 Å². The molecule has 3 rings (SSSR count). The molecule has 3 aromatic carbocycles. The van der Waals surface area contributed by atoms with Crippen LogP contribution in [-0.4, -0.2) is 72.3 Å². The third-order valence-electron chi connectivity index (χ3n) is 8.31. The van der Waals surface area contributed by atoms with Crippen molar-refractivity contribution in [2.45, 2.75) is 76.4 Å². The van der Waals surface area contributed by atoms with E-state index in [-0.39, 0.29) is 24.1 Å². The fourth-order valence-electron chi connectivity index (χ4n) is 5.40. The van der Waals surface area contributed by atoms with E-state index in [0.717, 1.165) is 47.9 Å². The van der Waals surface area contributed by atoms with Gasteiger partial charge < -0.3 is 26.6 Å². The predicted octanol–water partition coefficient (Wildman–Crippen LogP) is 5.11. The largest absolute Gasteiger partial charge is 0.354 e. The minimum absolute atomic E-state index is 0.214. The van der Waals surface area contributed by atoms with Gasteiger partial charge in [0.2, 0.25) is 17.7 Å². The van der Waals surface area contributed by atoms with Crippen LogP contribution in [0.15, 0.2) is 97.1 Å². The predicted molar refractivity (Wildman–Crippen MR) is 191 cm³/mol. The van der Waals surface area contributed by atoms with Crippen molar-refractivity contribution in [3.05, 3.63) is 108 Å². The van der Waals surface area contributed by atoms with Gasteiger partial charge in [-0.3, -0.25) is 14.4 Å². The third kappa shape index (κ3) is 12.5. The molecule has 0 radical (unpaired) electrons. The maximum atomic E-state index is 14.4. The Balaban J connectivity index is 1.87. The number of likely N-dealkylation sites (N-methyl/N-ethyl adjacent to an activating group) is 2. The minimum Gasteiger partial charge on any atom is -0.354 e. The second kappa shape index (κ2) is 18.8. The lowest BCUT2D eigenvalue weighted by atomic mass is 9.98. The summed E-state index contributed by atoms with van der Waals surface area (Å²) in [5, 5.41) is 3.05. The summed E-state index contributed by atoms with van der Waals surface area (Å²) in [4.78, 5) is 44.4. The van der Waals surface area contributed by atoms with Gasteiger partial charge in [0.05, 0.1) is 0 Å². The Labute approximate surface area is 281 Å². The van der Waals surface area contributed by atoms with Crippen LogP contribution in [0.4, 0.5) is 0 Å². The van der Waals surface area contributed by atoms with Crippen LogP contribution in [0.25, 0.3) is 11.1 Å². The lowest BCUT2D eigenvalue weighted by Gasteiger charge is -2.34. The third-order valence-corrected chi connectivity index (χ3v) is 8.31. The highest BCUT2D eigenvalue weighted by Crippen LogP contribution is 2.21. The Kier molecular flexibility index (Phi) is 14.9. The smallest absolute Gasteiger partial charge is 0.246 e. The van der Waals surface area contributed by atoms with Gasteiger partial charge in [0.15, 0.2) is 0 Å². The molecule has 0 aromatic heterocycles. The zero-order chi connectivity index (χ0) is 34.2. The lowest BCUT2D eigenvalue weighted by molar-refractivity contribution is -0.146. The number of benzene rings is 3. The molecule has 3 aromatic rings. The Morgan fingerprint density at radius 2 is 1.30 bits per heavy atom. The molecular formula is C39H53N5O3. The molecule has 0 saturated heterocycles. The van der Waals surface area contributed by atoms with Gasteiger partial charge in [-0.15, -0.1) is 0 Å². The molecule has 3 amide bonds. The highest BCUT2D eigenvalue weighted by atomic mass is 16.2. The van der Waals surface area contributed by atoms with E-state index in [9.17, 15) is 14.4 Å². The van der Waals surface area contributed by atoms with Gasteiger partial charge in [0.1, 0.15) is 12.1 Å². The number of nitrogens with one attached hydrogen (secondary N) is 1. The number of carbonyl (C=O) groups is 3. The normalized spacial score (nSPS) is 12.8. The first-order valence-corrected chi connectivity index (χ1v) is 16.6. The van der Waals surface area contributed by atoms with Crippen LogP contribution >= 0.6 is 0 Å². The number of rotatable bonds is 18. The van der Waals surface area contributed by atoms with E-state index in [0.29, 0.717) is 25.9 Å². The summed E-state index contributed by atoms with van der Waals surface area (Å²) in [5.41, 5.74) is 15.3. The van der Waals surface area contributed by atoms with Crippen molar-refractivity contribution in [3.8, 4) is 11.1 Å². The number of hydrogen-bond acceptors (Lipinski definition) is 5. The van der Waals surface area contributed by atoms with Crippen molar-refractivity contribution in [1.82, 2.24) is 15.1 Å². The maximum absolute atomic E-state index is 14.4. The van der Waals surface area contributed by atoms with Crippen LogP contribution in [0.2, 0.25) is 0 Å². The van der Waals surface area contributed by atoms with E-state index in [2.05, 4.69) is 17.4 Å². The molecule has 252 valence electrons. The molecule has 5 N–H and O–H groups in total. The fourth-order valence-corrected chi connectivity index (χ4v) is 5.40. The summed E-state index contributed by atoms with van der Waals surface area (Å²) < 4.78 is 0. The van der Waals surface area contributed by atoms with Crippen LogP contribution in [0.5, 0.6) is 0 Å². The molecule has 2 atom stereocenters. The van der Waals surface area contributed by atoms with Crippen LogP contribution < -0.4 is 16.8 Å². The Bertz CT molecular complexity index is 1420. The standard InChI is InChI=1S/C39H53N5O3/c1-39(2,41)25-15-20-36(45)43(3)35(29-31-21-23-33(24-22-31)32-18-11-8-12-19-32)38(47)44(4)34(28-30-16-9-7-10-17-30)37(46)42-27-14-6-5-13-26-40/h7-12,15-24,34-35H,5-6,13-14,25-29,40-41H2,1-4H3,(H,42,46)/b20-15+/t34-,35-/m0/s1. The summed E-state index contributed by atoms with van der Waals surface area (Å²) in [6.07, 6.45) is 8.17. The summed E-state index contributed by atoms with van der Waals surface area (Å²) in [6, 6.07) is 26.2. The molecule has 8 heteroatoms. The first-order chi connectivity index (χ1) is 22.5. The molecule has 0 fully saturated rings. The molecule has 0 saturated carbocycles. The van der Waals surface area contributed by atoms with E-state index in [1.165, 1.54) is 15.9 Å². The summed E-state index contributed by atoms with van der Waals surface area (Å²) in [5.74, 6) is -0.823. The summed E-state index contributed by atoms with van der Waals surface area (Å²) in [7, 11) is 3.30. The van der Waals surface area contributed by atoms with Gasteiger partial charge in [-0.25, -0.2) is 0 Å². The molecule has 0 aliphatic rings. The Morgan fingerprint density at radius 1 is 0.745 bits per heavy atom. The molecule has 0 heterocycles. The van der Waals surface area contributed by atoms with Crippen molar-refractivity contribution in [1.29, 1.82) is 0 Å². The number of nitrogens with two attached hydrogens (primary N) is 2. The van der Waals surface area contributed by atoms with Crippen molar-refractivity contribution in [3.63, 3.8) is 0 Å². The first-order valence-electron chi connectivity index (χ1n) is 16.6. The molecule has 0 spiro atoms. The molecule has 47 heavy (non-hydrogen) atoms. The average Bonchev–Trinajstić information content (AvgIpc) is 3.07. The highest BCUT2D eigenvalue weighted by Gasteiger charge is 2.34. The van der Waals surface area contributed by atoms with Gasteiger partial charge in [-0.05, 0) is 68.0 Å². The zero-order valence-corrected chi connectivity index (χ0v) is 28.5. The van der Waals surface area contributed by atoms with E-state index in [4.69, 9.17) is 11.5 Å². The number of nitrogens with zero attached hydrogens (tertiary/aromatic N) is 2. The van der Waals surface area contributed by atoms with Crippen molar-refractivity contribution < 1.29 is 14.4 Å². The van der Waals surface area contributed by atoms with Gasteiger partial charge in [0.25, 0.3) is 0 Å². The topological polar surface area (TPSA) is 122 Å². The number of hydrogen-bond donors (Lipinski definition) is 3. The molecule has 0 bridgehead atoms. The van der Waals surface area contributed by atoms with E-state index in [1.807, 2.05) is 86.6 Å². The number of amides is 3. The zero-order valence-electron chi connectivity index (χ0n) is 28.5. The maximum Gasteiger partial charge on any atom is 0.246 e. The molecule has 8 nitrogen and oxygen atoms in total. The van der Waals surface area contributed by atoms with E-state index >= 15 is 0 Å². The molecule has 0 aliphatic carbocycles. The van der Waals surface area contributed by atoms with Crippen LogP contribution in [0, 0.1) is 0 Å².